The van der Waals surface area contributed by atoms with Gasteiger partial charge in [-0.25, -0.2) is 0 Å². The van der Waals surface area contributed by atoms with E-state index in [9.17, 15) is 24.0 Å². The van der Waals surface area contributed by atoms with Crippen LogP contribution in [0, 0.1) is 11.8 Å². The third-order valence-electron chi connectivity index (χ3n) is 6.40. The Balaban J connectivity index is 0.00000191. The van der Waals surface area contributed by atoms with Gasteiger partial charge in [0.25, 0.3) is 0 Å². The van der Waals surface area contributed by atoms with Crippen LogP contribution in [0.15, 0.2) is 0 Å². The van der Waals surface area contributed by atoms with Crippen molar-refractivity contribution >= 4 is 29.9 Å². The van der Waals surface area contributed by atoms with Crippen LogP contribution >= 0.6 is 0 Å². The molecule has 2 aliphatic carbocycles. The molecule has 0 radical (unpaired) electrons. The molecule has 2 unspecified atom stereocenters. The molecule has 0 saturated heterocycles. The molecule has 2 aliphatic rings. The summed E-state index contributed by atoms with van der Waals surface area (Å²) in [6.07, 6.45) is 13.3. The molecule has 0 aromatic carbocycles. The van der Waals surface area contributed by atoms with Gasteiger partial charge in [0.15, 0.2) is 0 Å². The monoisotopic (exact) mass is 524 g/mol. The Morgan fingerprint density at radius 1 is 0.811 bits per heavy atom. The molecule has 2 rings (SSSR count). The largest absolute Gasteiger partial charge is 0.345 e. The van der Waals surface area contributed by atoms with Gasteiger partial charge < -0.3 is 26.1 Å². The highest BCUT2D eigenvalue weighted by molar-refractivity contribution is 5.92. The molecule has 4 amide bonds. The van der Waals surface area contributed by atoms with E-state index in [2.05, 4.69) is 21.3 Å². The predicted octanol–water partition coefficient (Wildman–Crippen LogP) is 3.40. The van der Waals surface area contributed by atoms with E-state index in [0.717, 1.165) is 25.7 Å². The third-order valence-corrected chi connectivity index (χ3v) is 6.40. The minimum Gasteiger partial charge on any atom is -0.345 e. The lowest BCUT2D eigenvalue weighted by Gasteiger charge is -2.26. The van der Waals surface area contributed by atoms with E-state index in [-0.39, 0.29) is 18.4 Å². The van der Waals surface area contributed by atoms with Crippen LogP contribution in [0.1, 0.15) is 112 Å². The standard InChI is InChI=1S/C22H38N4O5.C4H8.C2H6/c1-14(2)10-18(13-27)26-21(30)15(3)24-20(29)12-23-22(31)19(25-16(4)28)11-17-8-6-5-7-9-17;1-2-4-3-1;1-2/h13-15,17-19H,5-12H2,1-4H3,(H,23,31)(H,24,29)(H,25,28)(H,26,30);1-4H2;1-2H3/t15?,18-,19?;;/m0../s1. The molecule has 9 heteroatoms. The zero-order chi connectivity index (χ0) is 28.2. The fourth-order valence-electron chi connectivity index (χ4n) is 4.10. The van der Waals surface area contributed by atoms with Crippen LogP contribution in [0.3, 0.4) is 0 Å². The molecule has 3 atom stereocenters. The van der Waals surface area contributed by atoms with Crippen LogP contribution in [0.4, 0.5) is 0 Å². The number of hydrogen-bond acceptors (Lipinski definition) is 5. The second-order valence-electron chi connectivity index (χ2n) is 10.3. The van der Waals surface area contributed by atoms with Crippen LogP contribution in [0.2, 0.25) is 0 Å². The van der Waals surface area contributed by atoms with Gasteiger partial charge in [0.05, 0.1) is 12.6 Å². The van der Waals surface area contributed by atoms with Crippen LogP contribution in [0.25, 0.3) is 0 Å². The maximum Gasteiger partial charge on any atom is 0.243 e. The fourth-order valence-corrected chi connectivity index (χ4v) is 4.10. The number of amides is 4. The summed E-state index contributed by atoms with van der Waals surface area (Å²) in [4.78, 5) is 59.5. The van der Waals surface area contributed by atoms with E-state index in [1.807, 2.05) is 27.7 Å². The van der Waals surface area contributed by atoms with Gasteiger partial charge in [0.1, 0.15) is 18.4 Å². The second kappa shape index (κ2) is 20.6. The minimum atomic E-state index is -0.854. The first kappa shape index (κ1) is 34.6. The van der Waals surface area contributed by atoms with Crippen molar-refractivity contribution in [3.63, 3.8) is 0 Å². The maximum atomic E-state index is 12.5. The molecule has 2 fully saturated rings. The van der Waals surface area contributed by atoms with Crippen molar-refractivity contribution in [2.24, 2.45) is 11.8 Å². The van der Waals surface area contributed by atoms with Gasteiger partial charge in [-0.1, -0.05) is 85.5 Å². The SMILES string of the molecule is C1CCC1.CC.CC(=O)NC(CC1CCCCC1)C(=O)NCC(=O)NC(C)C(=O)N[C@H](C=O)CC(C)C. The highest BCUT2D eigenvalue weighted by atomic mass is 16.2. The molecule has 4 N–H and O–H groups in total. The van der Waals surface area contributed by atoms with Gasteiger partial charge in [0.2, 0.25) is 23.6 Å². The van der Waals surface area contributed by atoms with E-state index in [4.69, 9.17) is 0 Å². The molecule has 0 aromatic heterocycles. The molecule has 0 bridgehead atoms. The van der Waals surface area contributed by atoms with Gasteiger partial charge >= 0.3 is 0 Å². The van der Waals surface area contributed by atoms with Crippen molar-refractivity contribution in [3.05, 3.63) is 0 Å². The smallest absolute Gasteiger partial charge is 0.243 e. The average molecular weight is 525 g/mol. The Morgan fingerprint density at radius 3 is 1.81 bits per heavy atom. The Morgan fingerprint density at radius 2 is 1.35 bits per heavy atom. The van der Waals surface area contributed by atoms with E-state index in [1.54, 1.807) is 0 Å². The van der Waals surface area contributed by atoms with E-state index in [0.29, 0.717) is 25.0 Å². The van der Waals surface area contributed by atoms with Crippen molar-refractivity contribution < 1.29 is 24.0 Å². The Bertz CT molecular complexity index is 684. The van der Waals surface area contributed by atoms with Gasteiger partial charge in [-0.05, 0) is 31.6 Å². The zero-order valence-electron chi connectivity index (χ0n) is 24.0. The number of nitrogens with one attached hydrogen (secondary N) is 4. The van der Waals surface area contributed by atoms with Gasteiger partial charge in [-0.2, -0.15) is 0 Å². The molecule has 0 heterocycles. The normalized spacial score (nSPS) is 17.2. The van der Waals surface area contributed by atoms with Crippen LogP contribution in [-0.4, -0.2) is 54.6 Å². The Hall–Kier alpha value is -2.45. The maximum absolute atomic E-state index is 12.5. The summed E-state index contributed by atoms with van der Waals surface area (Å²) in [5.41, 5.74) is 0. The molecule has 0 spiro atoms. The molecular weight excluding hydrogens is 472 g/mol. The highest BCUT2D eigenvalue weighted by Crippen LogP contribution is 2.27. The van der Waals surface area contributed by atoms with E-state index >= 15 is 0 Å². The second-order valence-corrected chi connectivity index (χ2v) is 10.3. The number of carbonyl (C=O) groups is 5. The van der Waals surface area contributed by atoms with Crippen molar-refractivity contribution in [3.8, 4) is 0 Å². The van der Waals surface area contributed by atoms with Crippen molar-refractivity contribution in [1.29, 1.82) is 0 Å². The first-order chi connectivity index (χ1) is 17.6. The first-order valence-electron chi connectivity index (χ1n) is 14.2. The fraction of sp³-hybridized carbons (Fsp3) is 0.821. The molecular formula is C28H52N4O5. The minimum absolute atomic E-state index is 0.237. The Kier molecular flexibility index (Phi) is 19.2. The van der Waals surface area contributed by atoms with Crippen LogP contribution < -0.4 is 21.3 Å². The van der Waals surface area contributed by atoms with E-state index in [1.165, 1.54) is 46.0 Å². The summed E-state index contributed by atoms with van der Waals surface area (Å²) < 4.78 is 0. The summed E-state index contributed by atoms with van der Waals surface area (Å²) in [5, 5.41) is 10.3. The van der Waals surface area contributed by atoms with Gasteiger partial charge in [0, 0.05) is 6.92 Å². The number of hydrogen-bond donors (Lipinski definition) is 4. The number of carbonyl (C=O) groups excluding carboxylic acids is 5. The van der Waals surface area contributed by atoms with Gasteiger partial charge in [-0.3, -0.25) is 19.2 Å². The third kappa shape index (κ3) is 16.8. The van der Waals surface area contributed by atoms with Crippen molar-refractivity contribution in [2.45, 2.75) is 130 Å². The zero-order valence-corrected chi connectivity index (χ0v) is 24.0. The summed E-state index contributed by atoms with van der Waals surface area (Å²) in [6.45, 7) is 10.5. The number of rotatable bonds is 12. The summed E-state index contributed by atoms with van der Waals surface area (Å²) in [6, 6.07) is -2.14. The highest BCUT2D eigenvalue weighted by Gasteiger charge is 2.26. The first-order valence-corrected chi connectivity index (χ1v) is 14.2. The van der Waals surface area contributed by atoms with E-state index < -0.39 is 35.8 Å². The Labute approximate surface area is 224 Å². The van der Waals surface area contributed by atoms with Gasteiger partial charge in [-0.15, -0.1) is 0 Å². The summed E-state index contributed by atoms with van der Waals surface area (Å²) >= 11 is 0. The topological polar surface area (TPSA) is 133 Å². The van der Waals surface area contributed by atoms with Crippen LogP contribution in [-0.2, 0) is 24.0 Å². The molecule has 2 saturated carbocycles. The molecule has 0 aromatic rings. The average Bonchev–Trinajstić information content (AvgIpc) is 2.81. The quantitative estimate of drug-likeness (QED) is 0.290. The summed E-state index contributed by atoms with van der Waals surface area (Å²) in [5.74, 6) is -1.08. The van der Waals surface area contributed by atoms with Crippen molar-refractivity contribution in [2.75, 3.05) is 6.54 Å². The molecule has 0 aliphatic heterocycles. The molecule has 9 nitrogen and oxygen atoms in total. The van der Waals surface area contributed by atoms with Crippen LogP contribution in [0.5, 0.6) is 0 Å². The molecule has 37 heavy (non-hydrogen) atoms. The van der Waals surface area contributed by atoms with Crippen molar-refractivity contribution in [1.82, 2.24) is 21.3 Å². The summed E-state index contributed by atoms with van der Waals surface area (Å²) in [7, 11) is 0. The lowest BCUT2D eigenvalue weighted by Crippen LogP contribution is -2.52. The predicted molar refractivity (Wildman–Crippen MR) is 147 cm³/mol. The lowest BCUT2D eigenvalue weighted by atomic mass is 9.84. The lowest BCUT2D eigenvalue weighted by molar-refractivity contribution is -0.131. The molecule has 214 valence electrons. The number of aldehydes is 1.